The molecule has 0 amide bonds. The topological polar surface area (TPSA) is 9.23 Å². The van der Waals surface area contributed by atoms with Gasteiger partial charge in [0.05, 0.1) is 0 Å². The molecule has 0 saturated heterocycles. The van der Waals surface area contributed by atoms with Crippen LogP contribution in [0.1, 0.15) is 73.6 Å². The lowest BCUT2D eigenvalue weighted by Crippen LogP contribution is -2.52. The highest BCUT2D eigenvalue weighted by Crippen LogP contribution is 2.57. The Bertz CT molecular complexity index is 337. The zero-order chi connectivity index (χ0) is 16.1. The molecule has 0 heterocycles. The van der Waals surface area contributed by atoms with Gasteiger partial charge in [0.2, 0.25) is 0 Å². The summed E-state index contributed by atoms with van der Waals surface area (Å²) in [6, 6.07) is 0. The highest BCUT2D eigenvalue weighted by molar-refractivity contribution is 6.77. The number of rotatable bonds is 6. The quantitative estimate of drug-likeness (QED) is 0.525. The highest BCUT2D eigenvalue weighted by Gasteiger charge is 2.50. The Kier molecular flexibility index (Phi) is 4.82. The lowest BCUT2D eigenvalue weighted by atomic mass is 9.52. The standard InChI is InChI=1S/C20H38OSi/c1-13(2)22(14(3)4,15(5)6)21-12-20-18-8-16-7-17(10-18)11-19(20)9-16/h13-20H,7-12H2,1-6H3. The van der Waals surface area contributed by atoms with Crippen molar-refractivity contribution < 1.29 is 4.43 Å². The molecule has 0 radical (unpaired) electrons. The second kappa shape index (κ2) is 6.24. The van der Waals surface area contributed by atoms with Crippen molar-refractivity contribution in [3.63, 3.8) is 0 Å². The van der Waals surface area contributed by atoms with Crippen molar-refractivity contribution in [1.82, 2.24) is 0 Å². The number of hydrogen-bond acceptors (Lipinski definition) is 1. The second-order valence-electron chi connectivity index (χ2n) is 9.72. The third kappa shape index (κ3) is 2.73. The van der Waals surface area contributed by atoms with E-state index in [0.29, 0.717) is 0 Å². The van der Waals surface area contributed by atoms with Gasteiger partial charge in [-0.05, 0) is 78.3 Å². The Morgan fingerprint density at radius 3 is 1.50 bits per heavy atom. The van der Waals surface area contributed by atoms with Crippen molar-refractivity contribution in [3.8, 4) is 0 Å². The van der Waals surface area contributed by atoms with Crippen LogP contribution in [-0.4, -0.2) is 14.9 Å². The van der Waals surface area contributed by atoms with Crippen molar-refractivity contribution in [3.05, 3.63) is 0 Å². The summed E-state index contributed by atoms with van der Waals surface area (Å²) in [5.74, 6) is 5.09. The maximum absolute atomic E-state index is 6.98. The molecule has 4 rings (SSSR count). The van der Waals surface area contributed by atoms with Gasteiger partial charge in [-0.25, -0.2) is 0 Å². The first-order valence-electron chi connectivity index (χ1n) is 9.98. The molecule has 22 heavy (non-hydrogen) atoms. The molecule has 4 bridgehead atoms. The summed E-state index contributed by atoms with van der Waals surface area (Å²) in [6.07, 6.45) is 7.67. The lowest BCUT2D eigenvalue weighted by Gasteiger charge is -2.55. The Labute approximate surface area is 139 Å². The van der Waals surface area contributed by atoms with Crippen molar-refractivity contribution >= 4 is 8.32 Å². The summed E-state index contributed by atoms with van der Waals surface area (Å²) in [5, 5.41) is 0. The second-order valence-corrected chi connectivity index (χ2v) is 15.2. The van der Waals surface area contributed by atoms with E-state index in [2.05, 4.69) is 41.5 Å². The molecule has 4 saturated carbocycles. The van der Waals surface area contributed by atoms with Gasteiger partial charge in [0.25, 0.3) is 0 Å². The molecule has 1 nitrogen and oxygen atoms in total. The van der Waals surface area contributed by atoms with E-state index in [1.807, 2.05) is 0 Å². The number of hydrogen-bond donors (Lipinski definition) is 0. The van der Waals surface area contributed by atoms with Crippen LogP contribution >= 0.6 is 0 Å². The average molecular weight is 323 g/mol. The molecule has 0 aromatic carbocycles. The molecule has 0 aromatic rings. The van der Waals surface area contributed by atoms with E-state index in [1.54, 1.807) is 6.42 Å². The molecule has 4 fully saturated rings. The first kappa shape index (κ1) is 17.0. The molecule has 0 unspecified atom stereocenters. The lowest BCUT2D eigenvalue weighted by molar-refractivity contribution is -0.0552. The Morgan fingerprint density at radius 1 is 0.727 bits per heavy atom. The Hall–Kier alpha value is 0.177. The Balaban J connectivity index is 1.70. The van der Waals surface area contributed by atoms with Gasteiger partial charge in [0, 0.05) is 6.61 Å². The zero-order valence-corrected chi connectivity index (χ0v) is 16.8. The van der Waals surface area contributed by atoms with E-state index in [1.165, 1.54) is 25.7 Å². The van der Waals surface area contributed by atoms with Crippen LogP contribution in [0.3, 0.4) is 0 Å². The van der Waals surface area contributed by atoms with Crippen LogP contribution in [0.2, 0.25) is 16.6 Å². The van der Waals surface area contributed by atoms with Crippen molar-refractivity contribution in [2.45, 2.75) is 90.3 Å². The molecular formula is C20H38OSi. The summed E-state index contributed by atoms with van der Waals surface area (Å²) in [4.78, 5) is 0. The van der Waals surface area contributed by atoms with E-state index in [9.17, 15) is 0 Å². The molecule has 0 aliphatic heterocycles. The average Bonchev–Trinajstić information content (AvgIpc) is 2.39. The predicted octanol–water partition coefficient (Wildman–Crippen LogP) is 6.25. The minimum absolute atomic E-state index is 0.726. The molecule has 2 heteroatoms. The van der Waals surface area contributed by atoms with Crippen molar-refractivity contribution in [1.29, 1.82) is 0 Å². The summed E-state index contributed by atoms with van der Waals surface area (Å²) in [6.45, 7) is 15.6. The predicted molar refractivity (Wildman–Crippen MR) is 97.5 cm³/mol. The van der Waals surface area contributed by atoms with E-state index in [-0.39, 0.29) is 0 Å². The maximum Gasteiger partial charge on any atom is 0.200 e. The van der Waals surface area contributed by atoms with Gasteiger partial charge < -0.3 is 4.43 Å². The highest BCUT2D eigenvalue weighted by atomic mass is 28.4. The molecule has 0 spiro atoms. The van der Waals surface area contributed by atoms with E-state index < -0.39 is 8.32 Å². The largest absolute Gasteiger partial charge is 0.416 e. The van der Waals surface area contributed by atoms with Crippen LogP contribution in [0.15, 0.2) is 0 Å². The van der Waals surface area contributed by atoms with Crippen LogP contribution in [0, 0.1) is 29.6 Å². The maximum atomic E-state index is 6.98. The molecule has 0 aromatic heterocycles. The minimum Gasteiger partial charge on any atom is -0.416 e. The smallest absolute Gasteiger partial charge is 0.200 e. The van der Waals surface area contributed by atoms with E-state index in [4.69, 9.17) is 4.43 Å². The van der Waals surface area contributed by atoms with Crippen LogP contribution in [0.5, 0.6) is 0 Å². The normalized spacial score (nSPS) is 37.8. The van der Waals surface area contributed by atoms with Crippen LogP contribution in [0.25, 0.3) is 0 Å². The van der Waals surface area contributed by atoms with Crippen molar-refractivity contribution in [2.24, 2.45) is 29.6 Å². The van der Waals surface area contributed by atoms with Crippen LogP contribution in [0.4, 0.5) is 0 Å². The Morgan fingerprint density at radius 2 is 1.14 bits per heavy atom. The molecule has 4 aliphatic carbocycles. The van der Waals surface area contributed by atoms with E-state index >= 15 is 0 Å². The van der Waals surface area contributed by atoms with Gasteiger partial charge in [0.15, 0.2) is 8.32 Å². The molecule has 0 N–H and O–H groups in total. The fraction of sp³-hybridized carbons (Fsp3) is 1.00. The minimum atomic E-state index is -1.67. The fourth-order valence-corrected chi connectivity index (χ4v) is 12.5. The van der Waals surface area contributed by atoms with Gasteiger partial charge in [-0.2, -0.15) is 0 Å². The van der Waals surface area contributed by atoms with Gasteiger partial charge in [0.1, 0.15) is 0 Å². The molecule has 128 valence electrons. The van der Waals surface area contributed by atoms with Crippen molar-refractivity contribution in [2.75, 3.05) is 6.61 Å². The van der Waals surface area contributed by atoms with Crippen LogP contribution in [-0.2, 0) is 4.43 Å². The first-order valence-corrected chi connectivity index (χ1v) is 12.1. The summed E-state index contributed by atoms with van der Waals surface area (Å²) in [5.41, 5.74) is 2.18. The zero-order valence-electron chi connectivity index (χ0n) is 15.8. The SMILES string of the molecule is CC(C)[Si](OCC1C2CC3CC(C2)CC1C3)(C(C)C)C(C)C. The first-order chi connectivity index (χ1) is 10.3. The summed E-state index contributed by atoms with van der Waals surface area (Å²) in [7, 11) is -1.67. The van der Waals surface area contributed by atoms with Gasteiger partial charge in [-0.3, -0.25) is 0 Å². The molecule has 4 aliphatic rings. The van der Waals surface area contributed by atoms with Crippen LogP contribution < -0.4 is 0 Å². The third-order valence-electron chi connectivity index (χ3n) is 7.65. The summed E-state index contributed by atoms with van der Waals surface area (Å²) < 4.78 is 6.98. The fourth-order valence-electron chi connectivity index (χ4n) is 7.05. The third-order valence-corrected chi connectivity index (χ3v) is 13.7. The molecule has 0 atom stereocenters. The van der Waals surface area contributed by atoms with E-state index in [0.717, 1.165) is 52.8 Å². The summed E-state index contributed by atoms with van der Waals surface area (Å²) >= 11 is 0. The molecular weight excluding hydrogens is 284 g/mol. The monoisotopic (exact) mass is 322 g/mol. The van der Waals surface area contributed by atoms with Gasteiger partial charge in [-0.15, -0.1) is 0 Å². The van der Waals surface area contributed by atoms with Gasteiger partial charge in [-0.1, -0.05) is 41.5 Å². The van der Waals surface area contributed by atoms with Gasteiger partial charge >= 0.3 is 0 Å².